The van der Waals surface area contributed by atoms with E-state index in [9.17, 15) is 20.0 Å². The average molecular weight is 566 g/mol. The van der Waals surface area contributed by atoms with Crippen molar-refractivity contribution in [1.82, 2.24) is 9.78 Å². The van der Waals surface area contributed by atoms with E-state index in [-0.39, 0.29) is 5.71 Å². The predicted octanol–water partition coefficient (Wildman–Crippen LogP) is 5.88. The summed E-state index contributed by atoms with van der Waals surface area (Å²) >= 11 is 5.92. The second-order valence-electron chi connectivity index (χ2n) is 8.84. The van der Waals surface area contributed by atoms with Crippen molar-refractivity contribution in [2.45, 2.75) is 6.42 Å². The van der Waals surface area contributed by atoms with Crippen molar-refractivity contribution in [3.63, 3.8) is 0 Å². The molecule has 0 atom stereocenters. The van der Waals surface area contributed by atoms with Crippen LogP contribution in [0.3, 0.4) is 0 Å². The van der Waals surface area contributed by atoms with Crippen molar-refractivity contribution in [2.75, 3.05) is 10.7 Å². The number of hydrazone groups is 1. The first-order chi connectivity index (χ1) is 19.9. The molecule has 1 heterocycles. The molecular weight excluding hydrogens is 544 g/mol. The highest BCUT2D eigenvalue weighted by atomic mass is 35.5. The molecule has 0 radical (unpaired) electrons. The van der Waals surface area contributed by atoms with Crippen LogP contribution in [0, 0.1) is 10.4 Å². The molecule has 0 aliphatic heterocycles. The summed E-state index contributed by atoms with van der Waals surface area (Å²) in [5.74, 6) is -1.07. The molecule has 3 aromatic carbocycles. The molecule has 0 bridgehead atoms. The van der Waals surface area contributed by atoms with Gasteiger partial charge in [0.15, 0.2) is 0 Å². The summed E-state index contributed by atoms with van der Waals surface area (Å²) in [4.78, 5) is 25.9. The number of carbonyl (C=O) groups excluding carboxylic acids is 2. The van der Waals surface area contributed by atoms with Crippen LogP contribution in [0.15, 0.2) is 114 Å². The molecule has 1 aromatic heterocycles. The lowest BCUT2D eigenvalue weighted by atomic mass is 10.1. The zero-order chi connectivity index (χ0) is 28.8. The largest absolute Gasteiger partial charge is 0.612 e. The third kappa shape index (κ3) is 6.40. The van der Waals surface area contributed by atoms with Gasteiger partial charge in [0.2, 0.25) is 11.6 Å². The van der Waals surface area contributed by atoms with Gasteiger partial charge in [0.1, 0.15) is 23.5 Å². The van der Waals surface area contributed by atoms with Crippen molar-refractivity contribution in [1.29, 1.82) is 0 Å². The highest BCUT2D eigenvalue weighted by Gasteiger charge is 2.25. The SMILES string of the molecule is O=C(CC(=O)n1nc(-c2ccccc2)c(NN=C2C=CC(=[N+]([O-])[O-])C=C2)c1-c1ccccc1)Nc1ccc(Cl)cc1. The molecule has 41 heavy (non-hydrogen) atoms. The predicted molar refractivity (Wildman–Crippen MR) is 160 cm³/mol. The third-order valence-corrected chi connectivity index (χ3v) is 6.27. The van der Waals surface area contributed by atoms with Crippen LogP contribution in [0.1, 0.15) is 11.2 Å². The Labute approximate surface area is 239 Å². The van der Waals surface area contributed by atoms with Crippen LogP contribution in [0.4, 0.5) is 11.4 Å². The lowest BCUT2D eigenvalue weighted by molar-refractivity contribution is -0.377. The van der Waals surface area contributed by atoms with Gasteiger partial charge in [0.05, 0.1) is 5.71 Å². The van der Waals surface area contributed by atoms with Gasteiger partial charge in [-0.15, -0.1) is 0 Å². The van der Waals surface area contributed by atoms with Crippen LogP contribution >= 0.6 is 11.6 Å². The van der Waals surface area contributed by atoms with E-state index in [1.165, 1.54) is 29.0 Å². The van der Waals surface area contributed by atoms with Gasteiger partial charge < -0.3 is 15.7 Å². The molecular formula is C30H22ClN6O4-. The monoisotopic (exact) mass is 565 g/mol. The number of carbonyl (C=O) groups is 2. The quantitative estimate of drug-likeness (QED) is 0.124. The van der Waals surface area contributed by atoms with E-state index in [0.29, 0.717) is 44.6 Å². The lowest BCUT2D eigenvalue weighted by Gasteiger charge is -2.11. The highest BCUT2D eigenvalue weighted by Crippen LogP contribution is 2.37. The maximum atomic E-state index is 13.6. The van der Waals surface area contributed by atoms with Gasteiger partial charge in [-0.2, -0.15) is 19.8 Å². The van der Waals surface area contributed by atoms with Gasteiger partial charge in [0.25, 0.3) is 5.91 Å². The van der Waals surface area contributed by atoms with Gasteiger partial charge in [-0.3, -0.25) is 15.0 Å². The maximum Gasteiger partial charge on any atom is 0.256 e. The van der Waals surface area contributed by atoms with Crippen molar-refractivity contribution in [2.24, 2.45) is 5.10 Å². The van der Waals surface area contributed by atoms with Crippen LogP contribution in [0.25, 0.3) is 22.5 Å². The number of nitrogens with zero attached hydrogens (tertiary/aromatic N) is 4. The average Bonchev–Trinajstić information content (AvgIpc) is 3.38. The topological polar surface area (TPSA) is 138 Å². The van der Waals surface area contributed by atoms with Crippen LogP contribution in [-0.4, -0.2) is 37.9 Å². The number of anilines is 2. The van der Waals surface area contributed by atoms with E-state index >= 15 is 0 Å². The molecule has 204 valence electrons. The van der Waals surface area contributed by atoms with E-state index in [0.717, 1.165) is 0 Å². The molecule has 4 aromatic rings. The van der Waals surface area contributed by atoms with E-state index in [4.69, 9.17) is 11.6 Å². The van der Waals surface area contributed by atoms with Crippen LogP contribution < -0.4 is 10.7 Å². The molecule has 0 saturated heterocycles. The number of benzene rings is 3. The molecule has 0 saturated carbocycles. The second-order valence-corrected chi connectivity index (χ2v) is 9.28. The molecule has 2 N–H and O–H groups in total. The summed E-state index contributed by atoms with van der Waals surface area (Å²) < 4.78 is 1.20. The number of halogens is 1. The maximum absolute atomic E-state index is 13.6. The van der Waals surface area contributed by atoms with Crippen molar-refractivity contribution < 1.29 is 14.5 Å². The Bertz CT molecular complexity index is 1690. The second kappa shape index (κ2) is 12.1. The molecule has 1 amide bonds. The van der Waals surface area contributed by atoms with E-state index in [1.807, 2.05) is 60.7 Å². The molecule has 1 aliphatic carbocycles. The summed E-state index contributed by atoms with van der Waals surface area (Å²) in [6.45, 7) is 0. The van der Waals surface area contributed by atoms with Crippen LogP contribution in [0.5, 0.6) is 0 Å². The molecule has 5 rings (SSSR count). The van der Waals surface area contributed by atoms with Gasteiger partial charge in [-0.1, -0.05) is 72.3 Å². The van der Waals surface area contributed by atoms with E-state index in [1.54, 1.807) is 24.3 Å². The Hall–Kier alpha value is -5.48. The molecule has 0 spiro atoms. The first-order valence-electron chi connectivity index (χ1n) is 12.4. The number of aromatic nitrogens is 2. The normalized spacial score (nSPS) is 12.2. The van der Waals surface area contributed by atoms with Crippen molar-refractivity contribution in [3.8, 4) is 22.5 Å². The van der Waals surface area contributed by atoms with E-state index in [2.05, 4.69) is 20.9 Å². The number of hydrogen-bond donors (Lipinski definition) is 2. The van der Waals surface area contributed by atoms with Crippen LogP contribution in [-0.2, 0) is 4.79 Å². The highest BCUT2D eigenvalue weighted by molar-refractivity contribution is 6.30. The molecule has 11 heteroatoms. The minimum absolute atomic E-state index is 0.0609. The minimum Gasteiger partial charge on any atom is -0.612 e. The molecule has 0 fully saturated rings. The summed E-state index contributed by atoms with van der Waals surface area (Å²) in [7, 11) is 0. The van der Waals surface area contributed by atoms with Gasteiger partial charge in [-0.05, 0) is 36.4 Å². The fourth-order valence-electron chi connectivity index (χ4n) is 4.09. The van der Waals surface area contributed by atoms with Crippen molar-refractivity contribution >= 4 is 46.2 Å². The smallest absolute Gasteiger partial charge is 0.256 e. The molecule has 10 nitrogen and oxygen atoms in total. The standard InChI is InChI=1S/C30H22ClN6O4/c31-22-11-13-23(14-12-22)32-26(38)19-27(39)36-30(21-9-5-2-6-10-21)29(28(35-36)20-7-3-1-4-8-20)34-33-24-15-17-25(18-16-24)37(40)41/h1-18,34H,19H2,(H-,32,33,38,40,41)/q-1. The first kappa shape index (κ1) is 27.1. The fraction of sp³-hybridized carbons (Fsp3) is 0.0333. The molecule has 0 unspecified atom stereocenters. The minimum atomic E-state index is -0.559. The number of hydrogen-bond acceptors (Lipinski definition) is 7. The van der Waals surface area contributed by atoms with Crippen LogP contribution in [0.2, 0.25) is 5.02 Å². The third-order valence-electron chi connectivity index (χ3n) is 6.01. The summed E-state index contributed by atoms with van der Waals surface area (Å²) in [5, 5.41) is 34.3. The number of rotatable bonds is 7. The number of nitrogens with one attached hydrogen (secondary N) is 2. The molecule has 1 aliphatic rings. The Balaban J connectivity index is 1.55. The Morgan fingerprint density at radius 2 is 1.46 bits per heavy atom. The fourth-order valence-corrected chi connectivity index (χ4v) is 4.21. The van der Waals surface area contributed by atoms with Crippen molar-refractivity contribution in [3.05, 3.63) is 125 Å². The van der Waals surface area contributed by atoms with Gasteiger partial charge in [-0.25, -0.2) is 0 Å². The summed E-state index contributed by atoms with van der Waals surface area (Å²) in [6.07, 6.45) is 5.24. The van der Waals surface area contributed by atoms with E-state index < -0.39 is 23.1 Å². The zero-order valence-electron chi connectivity index (χ0n) is 21.4. The Kier molecular flexibility index (Phi) is 8.03. The van der Waals surface area contributed by atoms with Gasteiger partial charge in [0, 0.05) is 34.0 Å². The summed E-state index contributed by atoms with van der Waals surface area (Å²) in [5.41, 5.74) is 6.52. The van der Waals surface area contributed by atoms with Gasteiger partial charge >= 0.3 is 0 Å². The lowest BCUT2D eigenvalue weighted by Crippen LogP contribution is -2.22. The Morgan fingerprint density at radius 3 is 2.07 bits per heavy atom. The summed E-state index contributed by atoms with van der Waals surface area (Å²) in [6, 6.07) is 24.9. The zero-order valence-corrected chi connectivity index (χ0v) is 22.2. The number of amides is 1. The first-order valence-corrected chi connectivity index (χ1v) is 12.8. The number of allylic oxidation sites excluding steroid dienone is 4. The Morgan fingerprint density at radius 1 is 0.854 bits per heavy atom.